The Bertz CT molecular complexity index is 625. The largest absolute Gasteiger partial charge is 0.379 e. The first-order valence-corrected chi connectivity index (χ1v) is 10.1. The van der Waals surface area contributed by atoms with Crippen LogP contribution in [-0.2, 0) is 17.7 Å². The van der Waals surface area contributed by atoms with E-state index < -0.39 is 0 Å². The van der Waals surface area contributed by atoms with Crippen molar-refractivity contribution < 1.29 is 4.74 Å². The number of rotatable bonds is 6. The number of guanidine groups is 1. The van der Waals surface area contributed by atoms with E-state index in [9.17, 15) is 0 Å². The molecule has 0 saturated carbocycles. The summed E-state index contributed by atoms with van der Waals surface area (Å²) in [6, 6.07) is 8.79. The zero-order chi connectivity index (χ0) is 19.1. The fourth-order valence-electron chi connectivity index (χ4n) is 3.88. The first-order valence-electron chi connectivity index (χ1n) is 10.1. The van der Waals surface area contributed by atoms with Gasteiger partial charge in [0, 0.05) is 58.4 Å². The standard InChI is InChI=1S/C21H35N5O/c1-21(2,26-12-14-27-15-13-26)17-24-20(22-3)23-9-11-25-10-8-18-6-4-5-7-19(18)16-25/h4-7H,8-17H2,1-3H3,(H2,22,23,24). The Kier molecular flexibility index (Phi) is 7.10. The Morgan fingerprint density at radius 3 is 2.59 bits per heavy atom. The van der Waals surface area contributed by atoms with E-state index in [0.717, 1.165) is 71.4 Å². The van der Waals surface area contributed by atoms with E-state index in [2.05, 4.69) is 63.5 Å². The monoisotopic (exact) mass is 373 g/mol. The van der Waals surface area contributed by atoms with Gasteiger partial charge >= 0.3 is 0 Å². The van der Waals surface area contributed by atoms with Gasteiger partial charge in [-0.25, -0.2) is 0 Å². The van der Waals surface area contributed by atoms with Gasteiger partial charge in [0.25, 0.3) is 0 Å². The molecule has 27 heavy (non-hydrogen) atoms. The minimum Gasteiger partial charge on any atom is -0.379 e. The summed E-state index contributed by atoms with van der Waals surface area (Å²) in [5.41, 5.74) is 3.06. The lowest BCUT2D eigenvalue weighted by molar-refractivity contribution is -0.00834. The number of aliphatic imine (C=N–C) groups is 1. The predicted octanol–water partition coefficient (Wildman–Crippen LogP) is 1.32. The van der Waals surface area contributed by atoms with E-state index in [0.29, 0.717) is 0 Å². The third-order valence-electron chi connectivity index (χ3n) is 5.71. The summed E-state index contributed by atoms with van der Waals surface area (Å²) in [7, 11) is 1.84. The zero-order valence-electron chi connectivity index (χ0n) is 17.1. The van der Waals surface area contributed by atoms with Crippen LogP contribution < -0.4 is 10.6 Å². The molecule has 6 heteroatoms. The van der Waals surface area contributed by atoms with E-state index in [4.69, 9.17) is 4.74 Å². The van der Waals surface area contributed by atoms with Crippen molar-refractivity contribution in [2.45, 2.75) is 32.4 Å². The van der Waals surface area contributed by atoms with Crippen LogP contribution in [0.1, 0.15) is 25.0 Å². The van der Waals surface area contributed by atoms with Crippen LogP contribution in [0.5, 0.6) is 0 Å². The SMILES string of the molecule is CN=C(NCCN1CCc2ccccc2C1)NCC(C)(C)N1CCOCC1. The molecule has 0 radical (unpaired) electrons. The number of ether oxygens (including phenoxy) is 1. The van der Waals surface area contributed by atoms with Gasteiger partial charge in [-0.2, -0.15) is 0 Å². The summed E-state index contributed by atoms with van der Waals surface area (Å²) in [6.45, 7) is 13.2. The van der Waals surface area contributed by atoms with Crippen LogP contribution in [-0.4, -0.2) is 80.8 Å². The third kappa shape index (κ3) is 5.67. The average molecular weight is 374 g/mol. The number of nitrogens with one attached hydrogen (secondary N) is 2. The molecule has 1 aromatic carbocycles. The Balaban J connectivity index is 1.39. The Labute approximate surface area is 164 Å². The zero-order valence-corrected chi connectivity index (χ0v) is 17.1. The van der Waals surface area contributed by atoms with E-state index in [1.54, 1.807) is 0 Å². The van der Waals surface area contributed by atoms with Gasteiger partial charge in [-0.3, -0.25) is 14.8 Å². The van der Waals surface area contributed by atoms with Gasteiger partial charge in [0.15, 0.2) is 5.96 Å². The Morgan fingerprint density at radius 1 is 1.11 bits per heavy atom. The van der Waals surface area contributed by atoms with E-state index in [-0.39, 0.29) is 5.54 Å². The highest BCUT2D eigenvalue weighted by molar-refractivity contribution is 5.79. The molecule has 2 N–H and O–H groups in total. The van der Waals surface area contributed by atoms with Gasteiger partial charge in [-0.05, 0) is 31.4 Å². The Morgan fingerprint density at radius 2 is 1.85 bits per heavy atom. The van der Waals surface area contributed by atoms with E-state index in [1.165, 1.54) is 11.1 Å². The molecule has 1 fully saturated rings. The minimum atomic E-state index is 0.0813. The Hall–Kier alpha value is -1.63. The maximum atomic E-state index is 5.47. The predicted molar refractivity (Wildman–Crippen MR) is 111 cm³/mol. The highest BCUT2D eigenvalue weighted by Crippen LogP contribution is 2.18. The molecule has 150 valence electrons. The summed E-state index contributed by atoms with van der Waals surface area (Å²) < 4.78 is 5.47. The second-order valence-corrected chi connectivity index (χ2v) is 8.06. The van der Waals surface area contributed by atoms with E-state index in [1.807, 2.05) is 7.05 Å². The van der Waals surface area contributed by atoms with Crippen LogP contribution in [0.15, 0.2) is 29.3 Å². The van der Waals surface area contributed by atoms with Crippen molar-refractivity contribution >= 4 is 5.96 Å². The maximum absolute atomic E-state index is 5.47. The molecule has 0 aliphatic carbocycles. The summed E-state index contributed by atoms with van der Waals surface area (Å²) in [4.78, 5) is 9.39. The third-order valence-corrected chi connectivity index (χ3v) is 5.71. The number of hydrogen-bond acceptors (Lipinski definition) is 4. The van der Waals surface area contributed by atoms with Gasteiger partial charge in [-0.15, -0.1) is 0 Å². The molecule has 0 bridgehead atoms. The van der Waals surface area contributed by atoms with Gasteiger partial charge in [0.05, 0.1) is 13.2 Å². The summed E-state index contributed by atoms with van der Waals surface area (Å²) in [5.74, 6) is 0.883. The van der Waals surface area contributed by atoms with Crippen molar-refractivity contribution in [3.63, 3.8) is 0 Å². The van der Waals surface area contributed by atoms with Crippen molar-refractivity contribution in [3.05, 3.63) is 35.4 Å². The normalized spacial score (nSPS) is 19.6. The van der Waals surface area contributed by atoms with Crippen molar-refractivity contribution in [1.82, 2.24) is 20.4 Å². The summed E-state index contributed by atoms with van der Waals surface area (Å²) in [6.07, 6.45) is 1.15. The van der Waals surface area contributed by atoms with Crippen molar-refractivity contribution in [3.8, 4) is 0 Å². The smallest absolute Gasteiger partial charge is 0.191 e. The topological polar surface area (TPSA) is 52.1 Å². The molecule has 1 aromatic rings. The molecule has 0 aromatic heterocycles. The summed E-state index contributed by atoms with van der Waals surface area (Å²) >= 11 is 0. The van der Waals surface area contributed by atoms with Crippen molar-refractivity contribution in [1.29, 1.82) is 0 Å². The van der Waals surface area contributed by atoms with Crippen molar-refractivity contribution in [2.75, 3.05) is 59.5 Å². The van der Waals surface area contributed by atoms with Crippen LogP contribution in [0, 0.1) is 0 Å². The molecule has 6 nitrogen and oxygen atoms in total. The molecule has 2 aliphatic rings. The molecular formula is C21H35N5O. The van der Waals surface area contributed by atoms with Crippen LogP contribution in [0.3, 0.4) is 0 Å². The van der Waals surface area contributed by atoms with Gasteiger partial charge < -0.3 is 15.4 Å². The molecule has 1 saturated heterocycles. The van der Waals surface area contributed by atoms with Crippen LogP contribution in [0.4, 0.5) is 0 Å². The number of morpholine rings is 1. The lowest BCUT2D eigenvalue weighted by atomic mass is 10.00. The first-order chi connectivity index (χ1) is 13.1. The highest BCUT2D eigenvalue weighted by atomic mass is 16.5. The molecule has 2 heterocycles. The molecule has 0 spiro atoms. The minimum absolute atomic E-state index is 0.0813. The van der Waals surface area contributed by atoms with Gasteiger partial charge in [0.2, 0.25) is 0 Å². The van der Waals surface area contributed by atoms with E-state index >= 15 is 0 Å². The lowest BCUT2D eigenvalue weighted by Gasteiger charge is -2.41. The van der Waals surface area contributed by atoms with Crippen LogP contribution >= 0.6 is 0 Å². The number of nitrogens with zero attached hydrogens (tertiary/aromatic N) is 3. The fraction of sp³-hybridized carbons (Fsp3) is 0.667. The second-order valence-electron chi connectivity index (χ2n) is 8.06. The molecular weight excluding hydrogens is 338 g/mol. The average Bonchev–Trinajstić information content (AvgIpc) is 2.71. The first kappa shape index (κ1) is 20.1. The molecule has 0 amide bonds. The maximum Gasteiger partial charge on any atom is 0.191 e. The number of benzene rings is 1. The van der Waals surface area contributed by atoms with Crippen LogP contribution in [0.2, 0.25) is 0 Å². The lowest BCUT2D eigenvalue weighted by Crippen LogP contribution is -2.56. The summed E-state index contributed by atoms with van der Waals surface area (Å²) in [5, 5.41) is 6.97. The van der Waals surface area contributed by atoms with Gasteiger partial charge in [0.1, 0.15) is 0 Å². The molecule has 0 atom stereocenters. The van der Waals surface area contributed by atoms with Crippen LogP contribution in [0.25, 0.3) is 0 Å². The molecule has 0 unspecified atom stereocenters. The fourth-order valence-corrected chi connectivity index (χ4v) is 3.88. The highest BCUT2D eigenvalue weighted by Gasteiger charge is 2.28. The number of fused-ring (bicyclic) bond motifs is 1. The molecule has 2 aliphatic heterocycles. The number of hydrogen-bond donors (Lipinski definition) is 2. The molecule has 3 rings (SSSR count). The van der Waals surface area contributed by atoms with Crippen molar-refractivity contribution in [2.24, 2.45) is 4.99 Å². The van der Waals surface area contributed by atoms with Gasteiger partial charge in [-0.1, -0.05) is 24.3 Å². The quantitative estimate of drug-likeness (QED) is 0.582. The second kappa shape index (κ2) is 9.53.